The summed E-state index contributed by atoms with van der Waals surface area (Å²) < 4.78 is 1.78. The van der Waals surface area contributed by atoms with E-state index in [9.17, 15) is 0 Å². The van der Waals surface area contributed by atoms with Crippen molar-refractivity contribution in [1.29, 1.82) is 0 Å². The monoisotopic (exact) mass is 265 g/mol. The summed E-state index contributed by atoms with van der Waals surface area (Å²) in [4.78, 5) is 6.38. The smallest absolute Gasteiger partial charge is 0.141 e. The SMILES string of the molecule is CN(C)c1ccc(-c2nc(CO)c(Cl)n2C)cc1. The molecular weight excluding hydrogens is 250 g/mol. The van der Waals surface area contributed by atoms with Gasteiger partial charge in [-0.05, 0) is 24.3 Å². The standard InChI is InChI=1S/C13H16ClN3O/c1-16(2)10-6-4-9(5-7-10)13-15-11(8-18)12(14)17(13)3/h4-7,18H,8H2,1-3H3. The number of aromatic nitrogens is 2. The number of anilines is 1. The highest BCUT2D eigenvalue weighted by Crippen LogP contribution is 2.26. The molecule has 2 rings (SSSR count). The van der Waals surface area contributed by atoms with E-state index >= 15 is 0 Å². The van der Waals surface area contributed by atoms with Crippen LogP contribution in [-0.2, 0) is 13.7 Å². The van der Waals surface area contributed by atoms with Gasteiger partial charge in [-0.25, -0.2) is 4.98 Å². The Labute approximate surface area is 111 Å². The summed E-state index contributed by atoms with van der Waals surface area (Å²) in [5, 5.41) is 9.63. The first kappa shape index (κ1) is 12.9. The molecule has 0 fully saturated rings. The van der Waals surface area contributed by atoms with Gasteiger partial charge in [0, 0.05) is 32.4 Å². The summed E-state index contributed by atoms with van der Waals surface area (Å²) in [6.45, 7) is -0.150. The molecule has 96 valence electrons. The van der Waals surface area contributed by atoms with Crippen LogP contribution in [0.15, 0.2) is 24.3 Å². The second kappa shape index (κ2) is 5.00. The summed E-state index contributed by atoms with van der Waals surface area (Å²) in [6, 6.07) is 8.04. The topological polar surface area (TPSA) is 41.3 Å². The molecule has 0 spiro atoms. The average molecular weight is 266 g/mol. The number of halogens is 1. The van der Waals surface area contributed by atoms with Crippen LogP contribution in [0.3, 0.4) is 0 Å². The number of imidazole rings is 1. The molecule has 0 bridgehead atoms. The van der Waals surface area contributed by atoms with Crippen LogP contribution in [-0.4, -0.2) is 28.8 Å². The summed E-state index contributed by atoms with van der Waals surface area (Å²) in [5.41, 5.74) is 2.61. The van der Waals surface area contributed by atoms with Crippen molar-refractivity contribution >= 4 is 17.3 Å². The Morgan fingerprint density at radius 2 is 1.89 bits per heavy atom. The Morgan fingerprint density at radius 3 is 2.33 bits per heavy atom. The van der Waals surface area contributed by atoms with Crippen LogP contribution in [0.4, 0.5) is 5.69 Å². The van der Waals surface area contributed by atoms with Crippen LogP contribution in [0, 0.1) is 0 Å². The van der Waals surface area contributed by atoms with Crippen molar-refractivity contribution < 1.29 is 5.11 Å². The predicted octanol–water partition coefficient (Wildman–Crippen LogP) is 2.30. The van der Waals surface area contributed by atoms with Crippen molar-refractivity contribution in [3.63, 3.8) is 0 Å². The van der Waals surface area contributed by atoms with Crippen molar-refractivity contribution in [2.45, 2.75) is 6.61 Å². The van der Waals surface area contributed by atoms with Crippen LogP contribution >= 0.6 is 11.6 Å². The fourth-order valence-electron chi connectivity index (χ4n) is 1.80. The van der Waals surface area contributed by atoms with Gasteiger partial charge >= 0.3 is 0 Å². The quantitative estimate of drug-likeness (QED) is 0.926. The minimum Gasteiger partial charge on any atom is -0.390 e. The van der Waals surface area contributed by atoms with Crippen LogP contribution in [0.2, 0.25) is 5.15 Å². The number of hydrogen-bond acceptors (Lipinski definition) is 3. The third-order valence-electron chi connectivity index (χ3n) is 2.88. The molecule has 0 aliphatic heterocycles. The molecule has 1 aromatic heterocycles. The Morgan fingerprint density at radius 1 is 1.28 bits per heavy atom. The lowest BCUT2D eigenvalue weighted by molar-refractivity contribution is 0.277. The van der Waals surface area contributed by atoms with Crippen LogP contribution in [0.5, 0.6) is 0 Å². The molecule has 1 aromatic carbocycles. The maximum Gasteiger partial charge on any atom is 0.141 e. The number of aliphatic hydroxyl groups excluding tert-OH is 1. The van der Waals surface area contributed by atoms with E-state index in [0.717, 1.165) is 17.1 Å². The number of benzene rings is 1. The van der Waals surface area contributed by atoms with Crippen molar-refractivity contribution in [3.05, 3.63) is 35.1 Å². The molecule has 4 nitrogen and oxygen atoms in total. The number of aliphatic hydroxyl groups is 1. The van der Waals surface area contributed by atoms with Gasteiger partial charge in [-0.2, -0.15) is 0 Å². The zero-order valence-electron chi connectivity index (χ0n) is 10.7. The largest absolute Gasteiger partial charge is 0.390 e. The minimum absolute atomic E-state index is 0.150. The number of nitrogens with zero attached hydrogens (tertiary/aromatic N) is 3. The van der Waals surface area contributed by atoms with Crippen LogP contribution < -0.4 is 4.90 Å². The van der Waals surface area contributed by atoms with Crippen molar-refractivity contribution in [3.8, 4) is 11.4 Å². The first-order chi connectivity index (χ1) is 8.54. The van der Waals surface area contributed by atoms with E-state index in [0.29, 0.717) is 10.8 Å². The molecule has 18 heavy (non-hydrogen) atoms. The molecule has 0 saturated heterocycles. The van der Waals surface area contributed by atoms with Gasteiger partial charge < -0.3 is 14.6 Å². The zero-order chi connectivity index (χ0) is 13.3. The lowest BCUT2D eigenvalue weighted by Gasteiger charge is -2.12. The van der Waals surface area contributed by atoms with E-state index in [-0.39, 0.29) is 6.61 Å². The molecule has 5 heteroatoms. The van der Waals surface area contributed by atoms with Crippen molar-refractivity contribution in [2.75, 3.05) is 19.0 Å². The van der Waals surface area contributed by atoms with Gasteiger partial charge in [0.25, 0.3) is 0 Å². The predicted molar refractivity (Wildman–Crippen MR) is 73.9 cm³/mol. The van der Waals surface area contributed by atoms with Gasteiger partial charge in [0.05, 0.1) is 6.61 Å². The Bertz CT molecular complexity index is 546. The number of rotatable bonds is 3. The number of hydrogen-bond donors (Lipinski definition) is 1. The molecule has 0 amide bonds. The molecule has 0 saturated carbocycles. The lowest BCUT2D eigenvalue weighted by Crippen LogP contribution is -2.08. The van der Waals surface area contributed by atoms with Gasteiger partial charge in [0.2, 0.25) is 0 Å². The zero-order valence-corrected chi connectivity index (χ0v) is 11.4. The van der Waals surface area contributed by atoms with E-state index in [2.05, 4.69) is 4.98 Å². The maximum absolute atomic E-state index is 9.15. The Balaban J connectivity index is 2.42. The molecule has 0 aliphatic rings. The molecule has 1 N–H and O–H groups in total. The van der Waals surface area contributed by atoms with Gasteiger partial charge in [-0.1, -0.05) is 11.6 Å². The molecule has 2 aromatic rings. The first-order valence-corrected chi connectivity index (χ1v) is 6.02. The van der Waals surface area contributed by atoms with Crippen molar-refractivity contribution in [2.24, 2.45) is 7.05 Å². The second-order valence-corrected chi connectivity index (χ2v) is 4.69. The second-order valence-electron chi connectivity index (χ2n) is 4.33. The molecule has 0 radical (unpaired) electrons. The molecule has 0 unspecified atom stereocenters. The van der Waals surface area contributed by atoms with Crippen molar-refractivity contribution in [1.82, 2.24) is 9.55 Å². The summed E-state index contributed by atoms with van der Waals surface area (Å²) in [7, 11) is 5.83. The summed E-state index contributed by atoms with van der Waals surface area (Å²) in [6.07, 6.45) is 0. The van der Waals surface area contributed by atoms with Gasteiger partial charge in [-0.15, -0.1) is 0 Å². The lowest BCUT2D eigenvalue weighted by atomic mass is 10.2. The van der Waals surface area contributed by atoms with E-state index in [1.807, 2.05) is 50.3 Å². The van der Waals surface area contributed by atoms with E-state index in [1.54, 1.807) is 4.57 Å². The third kappa shape index (κ3) is 2.21. The van der Waals surface area contributed by atoms with Gasteiger partial charge in [0.1, 0.15) is 16.7 Å². The molecule has 0 aliphatic carbocycles. The average Bonchev–Trinajstić information content (AvgIpc) is 2.66. The van der Waals surface area contributed by atoms with E-state index < -0.39 is 0 Å². The van der Waals surface area contributed by atoms with E-state index in [1.165, 1.54) is 0 Å². The minimum atomic E-state index is -0.150. The first-order valence-electron chi connectivity index (χ1n) is 5.64. The maximum atomic E-state index is 9.15. The fraction of sp³-hybridized carbons (Fsp3) is 0.308. The van der Waals surface area contributed by atoms with Gasteiger partial charge in [-0.3, -0.25) is 0 Å². The highest BCUT2D eigenvalue weighted by Gasteiger charge is 2.13. The molecule has 1 heterocycles. The highest BCUT2D eigenvalue weighted by molar-refractivity contribution is 6.30. The summed E-state index contributed by atoms with van der Waals surface area (Å²) in [5.74, 6) is 0.759. The molecular formula is C13H16ClN3O. The fourth-order valence-corrected chi connectivity index (χ4v) is 1.99. The van der Waals surface area contributed by atoms with Gasteiger partial charge in [0.15, 0.2) is 0 Å². The molecule has 0 atom stereocenters. The third-order valence-corrected chi connectivity index (χ3v) is 3.35. The van der Waals surface area contributed by atoms with Crippen LogP contribution in [0.25, 0.3) is 11.4 Å². The summed E-state index contributed by atoms with van der Waals surface area (Å²) >= 11 is 6.08. The van der Waals surface area contributed by atoms with Crippen LogP contribution in [0.1, 0.15) is 5.69 Å². The normalized spacial score (nSPS) is 10.7. The highest BCUT2D eigenvalue weighted by atomic mass is 35.5. The Kier molecular flexibility index (Phi) is 3.59. The Hall–Kier alpha value is -1.52. The van der Waals surface area contributed by atoms with E-state index in [4.69, 9.17) is 16.7 Å².